The third kappa shape index (κ3) is 4.68. The summed E-state index contributed by atoms with van der Waals surface area (Å²) in [5, 5.41) is 2.73. The molecule has 1 fully saturated rings. The molecule has 0 spiro atoms. The monoisotopic (exact) mass is 497 g/mol. The molecule has 0 radical (unpaired) electrons. The number of benzene rings is 2. The highest BCUT2D eigenvalue weighted by atomic mass is 79.9. The molecule has 2 aromatic carbocycles. The maximum atomic E-state index is 14.2. The molecule has 0 bridgehead atoms. The lowest BCUT2D eigenvalue weighted by atomic mass is 10.2. The fourth-order valence-electron chi connectivity index (χ4n) is 3.58. The minimum absolute atomic E-state index is 0.0964. The van der Waals surface area contributed by atoms with E-state index in [-0.39, 0.29) is 10.5 Å². The predicted molar refractivity (Wildman–Crippen MR) is 120 cm³/mol. The van der Waals surface area contributed by atoms with Gasteiger partial charge < -0.3 is 10.2 Å². The zero-order valence-corrected chi connectivity index (χ0v) is 19.4. The molecule has 0 saturated carbocycles. The Labute approximate surface area is 185 Å². The Hall–Kier alpha value is -1.97. The molecule has 1 amide bonds. The normalized spacial score (nSPS) is 14.4. The first-order valence-electron chi connectivity index (χ1n) is 9.93. The highest BCUT2D eigenvalue weighted by Crippen LogP contribution is 2.33. The topological polar surface area (TPSA) is 69.7 Å². The maximum Gasteiger partial charge on any atom is 0.258 e. The largest absolute Gasteiger partial charge is 0.370 e. The number of carbonyl (C=O) groups excluding carboxylic acids is 1. The molecule has 1 heterocycles. The average molecular weight is 498 g/mol. The van der Waals surface area contributed by atoms with Crippen LogP contribution in [0.3, 0.4) is 0 Å². The Morgan fingerprint density at radius 2 is 1.80 bits per heavy atom. The van der Waals surface area contributed by atoms with Gasteiger partial charge in [-0.15, -0.1) is 0 Å². The smallest absolute Gasteiger partial charge is 0.258 e. The molecule has 0 atom stereocenters. The lowest BCUT2D eigenvalue weighted by Crippen LogP contribution is -2.31. The molecule has 30 heavy (non-hydrogen) atoms. The molecule has 1 aliphatic heterocycles. The minimum atomic E-state index is -3.70. The van der Waals surface area contributed by atoms with Gasteiger partial charge >= 0.3 is 0 Å². The lowest BCUT2D eigenvalue weighted by Gasteiger charge is -2.24. The van der Waals surface area contributed by atoms with Gasteiger partial charge in [-0.05, 0) is 49.2 Å². The third-order valence-corrected chi connectivity index (χ3v) is 7.72. The minimum Gasteiger partial charge on any atom is -0.370 e. The molecule has 0 aliphatic carbocycles. The van der Waals surface area contributed by atoms with Crippen molar-refractivity contribution in [1.29, 1.82) is 0 Å². The number of carbonyl (C=O) groups is 1. The number of nitrogens with one attached hydrogen (secondary N) is 1. The van der Waals surface area contributed by atoms with Crippen molar-refractivity contribution < 1.29 is 17.6 Å². The van der Waals surface area contributed by atoms with Crippen LogP contribution in [0.2, 0.25) is 0 Å². The van der Waals surface area contributed by atoms with Crippen LogP contribution in [0.4, 0.5) is 15.8 Å². The highest BCUT2D eigenvalue weighted by Gasteiger charge is 2.25. The molecule has 3 rings (SSSR count). The zero-order valence-electron chi connectivity index (χ0n) is 17.0. The molecule has 9 heteroatoms. The second-order valence-electron chi connectivity index (χ2n) is 7.04. The van der Waals surface area contributed by atoms with E-state index in [1.165, 1.54) is 28.6 Å². The van der Waals surface area contributed by atoms with Crippen LogP contribution in [-0.2, 0) is 10.0 Å². The second kappa shape index (κ2) is 9.45. The summed E-state index contributed by atoms with van der Waals surface area (Å²) in [5.74, 6) is -1.28. The first kappa shape index (κ1) is 22.7. The Kier molecular flexibility index (Phi) is 7.15. The summed E-state index contributed by atoms with van der Waals surface area (Å²) in [6.07, 6.45) is 2.04. The summed E-state index contributed by atoms with van der Waals surface area (Å²) in [7, 11) is -3.70. The molecule has 162 valence electrons. The van der Waals surface area contributed by atoms with Crippen LogP contribution < -0.4 is 10.2 Å². The van der Waals surface area contributed by atoms with Gasteiger partial charge in [0, 0.05) is 30.7 Å². The first-order chi connectivity index (χ1) is 14.3. The van der Waals surface area contributed by atoms with Gasteiger partial charge in [-0.2, -0.15) is 4.31 Å². The van der Waals surface area contributed by atoms with Crippen LogP contribution in [0.15, 0.2) is 45.8 Å². The molecule has 1 aliphatic rings. The summed E-state index contributed by atoms with van der Waals surface area (Å²) >= 11 is 3.25. The van der Waals surface area contributed by atoms with Gasteiger partial charge in [0.05, 0.1) is 21.8 Å². The predicted octanol–water partition coefficient (Wildman–Crippen LogP) is 4.47. The van der Waals surface area contributed by atoms with Gasteiger partial charge in [0.25, 0.3) is 5.91 Å². The average Bonchev–Trinajstić information content (AvgIpc) is 3.25. The van der Waals surface area contributed by atoms with Gasteiger partial charge in [-0.3, -0.25) is 4.79 Å². The number of rotatable bonds is 7. The maximum absolute atomic E-state index is 14.2. The number of hydrogen-bond acceptors (Lipinski definition) is 4. The van der Waals surface area contributed by atoms with Gasteiger partial charge in [0.1, 0.15) is 5.82 Å². The number of sulfonamides is 1. The Morgan fingerprint density at radius 1 is 1.13 bits per heavy atom. The SMILES string of the molecule is CCN(CC)S(=O)(=O)c1ccc(N2CCCC2)c(NC(=O)c2cc(Br)ccc2F)c1. The van der Waals surface area contributed by atoms with E-state index in [0.29, 0.717) is 23.2 Å². The number of hydrogen-bond donors (Lipinski definition) is 1. The molecule has 0 unspecified atom stereocenters. The second-order valence-corrected chi connectivity index (χ2v) is 9.89. The molecule has 0 aromatic heterocycles. The molecule has 1 saturated heterocycles. The molecular formula is C21H25BrFN3O3S. The van der Waals surface area contributed by atoms with E-state index < -0.39 is 21.7 Å². The van der Waals surface area contributed by atoms with Crippen molar-refractivity contribution in [1.82, 2.24) is 4.31 Å². The van der Waals surface area contributed by atoms with E-state index >= 15 is 0 Å². The van der Waals surface area contributed by atoms with E-state index in [9.17, 15) is 17.6 Å². The van der Waals surface area contributed by atoms with Crippen LogP contribution in [0.1, 0.15) is 37.0 Å². The Balaban J connectivity index is 2.03. The fourth-order valence-corrected chi connectivity index (χ4v) is 5.43. The molecule has 6 nitrogen and oxygen atoms in total. The number of halogens is 2. The molecule has 2 aromatic rings. The van der Waals surface area contributed by atoms with E-state index in [1.54, 1.807) is 26.0 Å². The zero-order chi connectivity index (χ0) is 21.9. The fraction of sp³-hybridized carbons (Fsp3) is 0.381. The number of nitrogens with zero attached hydrogens (tertiary/aromatic N) is 2. The van der Waals surface area contributed by atoms with Crippen molar-refractivity contribution in [3.05, 3.63) is 52.3 Å². The van der Waals surface area contributed by atoms with Crippen LogP contribution in [0.5, 0.6) is 0 Å². The number of anilines is 2. The van der Waals surface area contributed by atoms with Crippen LogP contribution in [-0.4, -0.2) is 44.8 Å². The van der Waals surface area contributed by atoms with E-state index in [4.69, 9.17) is 0 Å². The van der Waals surface area contributed by atoms with Gasteiger partial charge in [0.15, 0.2) is 0 Å². The van der Waals surface area contributed by atoms with Gasteiger partial charge in [0.2, 0.25) is 10.0 Å². The van der Waals surface area contributed by atoms with E-state index in [0.717, 1.165) is 31.6 Å². The van der Waals surface area contributed by atoms with Gasteiger partial charge in [-0.1, -0.05) is 29.8 Å². The van der Waals surface area contributed by atoms with Crippen molar-refractivity contribution in [2.45, 2.75) is 31.6 Å². The molecule has 1 N–H and O–H groups in total. The number of amides is 1. The van der Waals surface area contributed by atoms with E-state index in [2.05, 4.69) is 26.1 Å². The van der Waals surface area contributed by atoms with Crippen molar-refractivity contribution in [2.24, 2.45) is 0 Å². The third-order valence-electron chi connectivity index (χ3n) is 5.18. The highest BCUT2D eigenvalue weighted by molar-refractivity contribution is 9.10. The van der Waals surface area contributed by atoms with E-state index in [1.807, 2.05) is 0 Å². The van der Waals surface area contributed by atoms with Crippen LogP contribution in [0, 0.1) is 5.82 Å². The Bertz CT molecular complexity index is 1040. The van der Waals surface area contributed by atoms with Gasteiger partial charge in [-0.25, -0.2) is 12.8 Å². The van der Waals surface area contributed by atoms with Crippen molar-refractivity contribution in [3.8, 4) is 0 Å². The van der Waals surface area contributed by atoms with Crippen LogP contribution >= 0.6 is 15.9 Å². The first-order valence-corrected chi connectivity index (χ1v) is 12.2. The van der Waals surface area contributed by atoms with Crippen molar-refractivity contribution >= 4 is 43.2 Å². The summed E-state index contributed by atoms with van der Waals surface area (Å²) in [5.41, 5.74) is 0.970. The summed E-state index contributed by atoms with van der Waals surface area (Å²) in [6, 6.07) is 8.87. The van der Waals surface area contributed by atoms with Crippen molar-refractivity contribution in [2.75, 3.05) is 36.4 Å². The lowest BCUT2D eigenvalue weighted by molar-refractivity contribution is 0.102. The standard InChI is InChI=1S/C21H25BrFN3O3S/c1-3-26(4-2)30(28,29)16-8-10-20(25-11-5-6-12-25)19(14-16)24-21(27)17-13-15(22)7-9-18(17)23/h7-10,13-14H,3-6,11-12H2,1-2H3,(H,24,27). The van der Waals surface area contributed by atoms with Crippen LogP contribution in [0.25, 0.3) is 0 Å². The summed E-state index contributed by atoms with van der Waals surface area (Å²) in [6.45, 7) is 5.87. The molecular weight excluding hydrogens is 473 g/mol. The summed E-state index contributed by atoms with van der Waals surface area (Å²) in [4.78, 5) is 15.0. The Morgan fingerprint density at radius 3 is 2.43 bits per heavy atom. The van der Waals surface area contributed by atoms with Crippen molar-refractivity contribution in [3.63, 3.8) is 0 Å². The summed E-state index contributed by atoms with van der Waals surface area (Å²) < 4.78 is 42.1. The quantitative estimate of drug-likeness (QED) is 0.612.